The van der Waals surface area contributed by atoms with E-state index >= 15 is 0 Å². The second-order valence-corrected chi connectivity index (χ2v) is 5.45. The van der Waals surface area contributed by atoms with E-state index < -0.39 is 11.9 Å². The first kappa shape index (κ1) is 16.0. The summed E-state index contributed by atoms with van der Waals surface area (Å²) in [4.78, 5) is 25.7. The number of benzene rings is 2. The van der Waals surface area contributed by atoms with E-state index in [1.165, 1.54) is 11.0 Å². The summed E-state index contributed by atoms with van der Waals surface area (Å²) in [5.41, 5.74) is 0.236. The number of carbonyl (C=O) groups excluding carboxylic acids is 2. The Bertz CT molecular complexity index is 736. The maximum absolute atomic E-state index is 13.8. The first-order valence-electron chi connectivity index (χ1n) is 7.68. The van der Waals surface area contributed by atoms with Crippen LogP contribution in [0.4, 0.5) is 10.1 Å². The Morgan fingerprint density at radius 3 is 2.62 bits per heavy atom. The minimum Gasteiger partial charge on any atom is -0.484 e. The van der Waals surface area contributed by atoms with Crippen molar-refractivity contribution in [1.29, 1.82) is 0 Å². The van der Waals surface area contributed by atoms with E-state index in [9.17, 15) is 14.0 Å². The molecule has 0 spiro atoms. The fourth-order valence-electron chi connectivity index (χ4n) is 2.63. The van der Waals surface area contributed by atoms with Gasteiger partial charge in [0.25, 0.3) is 5.91 Å². The van der Waals surface area contributed by atoms with Crippen LogP contribution in [0.5, 0.6) is 5.75 Å². The topological polar surface area (TPSA) is 58.6 Å². The van der Waals surface area contributed by atoms with Crippen LogP contribution in [0.15, 0.2) is 54.6 Å². The van der Waals surface area contributed by atoms with Gasteiger partial charge in [0.1, 0.15) is 17.6 Å². The molecular formula is C18H17FN2O3. The molecule has 1 aliphatic heterocycles. The van der Waals surface area contributed by atoms with Crippen LogP contribution in [-0.4, -0.2) is 31.0 Å². The lowest BCUT2D eigenvalue weighted by Crippen LogP contribution is -2.43. The number of ether oxygens (including phenoxy) is 1. The Labute approximate surface area is 139 Å². The predicted molar refractivity (Wildman–Crippen MR) is 87.2 cm³/mol. The molecule has 2 amide bonds. The molecule has 1 atom stereocenters. The Morgan fingerprint density at radius 1 is 1.17 bits per heavy atom. The summed E-state index contributed by atoms with van der Waals surface area (Å²) >= 11 is 0. The summed E-state index contributed by atoms with van der Waals surface area (Å²) in [7, 11) is 0. The van der Waals surface area contributed by atoms with E-state index in [0.717, 1.165) is 0 Å². The van der Waals surface area contributed by atoms with Crippen molar-refractivity contribution < 1.29 is 18.7 Å². The van der Waals surface area contributed by atoms with Gasteiger partial charge in [-0.1, -0.05) is 30.3 Å². The number of anilines is 1. The van der Waals surface area contributed by atoms with Gasteiger partial charge < -0.3 is 15.0 Å². The van der Waals surface area contributed by atoms with Crippen molar-refractivity contribution in [2.24, 2.45) is 0 Å². The molecular weight excluding hydrogens is 311 g/mol. The van der Waals surface area contributed by atoms with Crippen molar-refractivity contribution >= 4 is 17.5 Å². The van der Waals surface area contributed by atoms with Crippen LogP contribution in [-0.2, 0) is 9.59 Å². The number of amides is 2. The van der Waals surface area contributed by atoms with Crippen molar-refractivity contribution in [1.82, 2.24) is 5.32 Å². The predicted octanol–water partition coefficient (Wildman–Crippen LogP) is 2.13. The van der Waals surface area contributed by atoms with Crippen LogP contribution >= 0.6 is 0 Å². The van der Waals surface area contributed by atoms with Crippen molar-refractivity contribution in [2.45, 2.75) is 12.5 Å². The number of carbonyl (C=O) groups is 2. The van der Waals surface area contributed by atoms with E-state index in [4.69, 9.17) is 4.74 Å². The van der Waals surface area contributed by atoms with Crippen molar-refractivity contribution in [3.05, 3.63) is 60.4 Å². The average molecular weight is 328 g/mol. The third-order valence-corrected chi connectivity index (χ3v) is 3.80. The van der Waals surface area contributed by atoms with Crippen LogP contribution in [0, 0.1) is 5.82 Å². The van der Waals surface area contributed by atoms with E-state index in [1.807, 2.05) is 6.07 Å². The van der Waals surface area contributed by atoms with E-state index in [0.29, 0.717) is 18.7 Å². The molecule has 1 aliphatic rings. The zero-order chi connectivity index (χ0) is 16.9. The monoisotopic (exact) mass is 328 g/mol. The van der Waals surface area contributed by atoms with Gasteiger partial charge in [-0.15, -0.1) is 0 Å². The lowest BCUT2D eigenvalue weighted by Gasteiger charge is -2.17. The molecule has 0 aliphatic carbocycles. The normalized spacial score (nSPS) is 17.0. The van der Waals surface area contributed by atoms with E-state index in [1.54, 1.807) is 42.5 Å². The highest BCUT2D eigenvalue weighted by Crippen LogP contribution is 2.24. The van der Waals surface area contributed by atoms with Crippen molar-refractivity contribution in [2.75, 3.05) is 18.1 Å². The molecule has 0 unspecified atom stereocenters. The van der Waals surface area contributed by atoms with Crippen LogP contribution < -0.4 is 15.0 Å². The second-order valence-electron chi connectivity index (χ2n) is 5.45. The van der Waals surface area contributed by atoms with Gasteiger partial charge in [0.15, 0.2) is 6.61 Å². The SMILES string of the molecule is O=C(COc1ccccc1)N[C@@H]1CCN(c2ccccc2F)C1=O. The van der Waals surface area contributed by atoms with Crippen molar-refractivity contribution in [3.63, 3.8) is 0 Å². The van der Waals surface area contributed by atoms with Crippen LogP contribution in [0.25, 0.3) is 0 Å². The van der Waals surface area contributed by atoms with Gasteiger partial charge >= 0.3 is 0 Å². The lowest BCUT2D eigenvalue weighted by molar-refractivity contribution is -0.127. The third kappa shape index (κ3) is 3.53. The summed E-state index contributed by atoms with van der Waals surface area (Å²) in [5, 5.41) is 2.64. The fourth-order valence-corrected chi connectivity index (χ4v) is 2.63. The summed E-state index contributed by atoms with van der Waals surface area (Å²) < 4.78 is 19.2. The van der Waals surface area contributed by atoms with Gasteiger partial charge in [-0.3, -0.25) is 9.59 Å². The van der Waals surface area contributed by atoms with Crippen LogP contribution in [0.3, 0.4) is 0 Å². The van der Waals surface area contributed by atoms with Gasteiger partial charge in [0, 0.05) is 6.54 Å². The highest BCUT2D eigenvalue weighted by molar-refractivity contribution is 6.01. The van der Waals surface area contributed by atoms with E-state index in [2.05, 4.69) is 5.32 Å². The summed E-state index contributed by atoms with van der Waals surface area (Å²) in [5.74, 6) is -0.565. The maximum Gasteiger partial charge on any atom is 0.258 e. The van der Waals surface area contributed by atoms with Gasteiger partial charge in [-0.25, -0.2) is 4.39 Å². The number of hydrogen-bond acceptors (Lipinski definition) is 3. The largest absolute Gasteiger partial charge is 0.484 e. The molecule has 124 valence electrons. The quantitative estimate of drug-likeness (QED) is 0.915. The standard InChI is InChI=1S/C18H17FN2O3/c19-14-8-4-5-9-16(14)21-11-10-15(18(21)23)20-17(22)12-24-13-6-2-1-3-7-13/h1-9,15H,10-12H2,(H,20,22)/t15-/m1/s1. The number of halogens is 1. The fraction of sp³-hybridized carbons (Fsp3) is 0.222. The molecule has 6 heteroatoms. The average Bonchev–Trinajstić information content (AvgIpc) is 2.95. The third-order valence-electron chi connectivity index (χ3n) is 3.80. The Morgan fingerprint density at radius 2 is 1.88 bits per heavy atom. The highest BCUT2D eigenvalue weighted by atomic mass is 19.1. The summed E-state index contributed by atoms with van der Waals surface area (Å²) in [6.07, 6.45) is 0.435. The first-order valence-corrected chi connectivity index (χ1v) is 7.68. The zero-order valence-corrected chi connectivity index (χ0v) is 12.9. The summed E-state index contributed by atoms with van der Waals surface area (Å²) in [6, 6.07) is 14.4. The van der Waals surface area contributed by atoms with Crippen molar-refractivity contribution in [3.8, 4) is 5.75 Å². The Hall–Kier alpha value is -2.89. The molecule has 0 aromatic heterocycles. The smallest absolute Gasteiger partial charge is 0.258 e. The molecule has 5 nitrogen and oxygen atoms in total. The second kappa shape index (κ2) is 7.12. The molecule has 1 fully saturated rings. The van der Waals surface area contributed by atoms with E-state index in [-0.39, 0.29) is 24.1 Å². The number of para-hydroxylation sites is 2. The first-order chi connectivity index (χ1) is 11.6. The highest BCUT2D eigenvalue weighted by Gasteiger charge is 2.34. The van der Waals surface area contributed by atoms with Gasteiger partial charge in [-0.05, 0) is 30.7 Å². The van der Waals surface area contributed by atoms with Crippen LogP contribution in [0.2, 0.25) is 0 Å². The molecule has 0 saturated carbocycles. The number of hydrogen-bond donors (Lipinski definition) is 1. The minimum atomic E-state index is -0.656. The molecule has 0 bridgehead atoms. The number of nitrogens with one attached hydrogen (secondary N) is 1. The summed E-state index contributed by atoms with van der Waals surface area (Å²) in [6.45, 7) is 0.192. The maximum atomic E-state index is 13.8. The van der Waals surface area contributed by atoms with Crippen LogP contribution in [0.1, 0.15) is 6.42 Å². The van der Waals surface area contributed by atoms with Gasteiger partial charge in [0.05, 0.1) is 5.69 Å². The number of rotatable bonds is 5. The van der Waals surface area contributed by atoms with Gasteiger partial charge in [-0.2, -0.15) is 0 Å². The molecule has 2 aromatic carbocycles. The molecule has 2 aromatic rings. The number of nitrogens with zero attached hydrogens (tertiary/aromatic N) is 1. The molecule has 1 N–H and O–H groups in total. The molecule has 0 radical (unpaired) electrons. The molecule has 1 heterocycles. The molecule has 1 saturated heterocycles. The van der Waals surface area contributed by atoms with Gasteiger partial charge in [0.2, 0.25) is 5.91 Å². The Balaban J connectivity index is 1.56. The zero-order valence-electron chi connectivity index (χ0n) is 12.9. The lowest BCUT2D eigenvalue weighted by atomic mass is 10.2. The molecule has 24 heavy (non-hydrogen) atoms. The Kier molecular flexibility index (Phi) is 4.74. The molecule has 3 rings (SSSR count). The minimum absolute atomic E-state index is 0.173.